The molecule has 0 radical (unpaired) electrons. The number of benzene rings is 1. The number of halogens is 3. The van der Waals surface area contributed by atoms with Crippen molar-refractivity contribution < 1.29 is 32.2 Å². The van der Waals surface area contributed by atoms with Crippen molar-refractivity contribution in [1.82, 2.24) is 20.1 Å². The number of piperazine rings is 1. The number of carbonyl (C=O) groups excluding carboxylic acids is 1. The molecule has 1 atom stereocenters. The monoisotopic (exact) mass is 470 g/mol. The highest BCUT2D eigenvalue weighted by atomic mass is 19.4. The molecule has 0 spiro atoms. The maximum atomic E-state index is 12.8. The van der Waals surface area contributed by atoms with Crippen LogP contribution in [0.25, 0.3) is 0 Å². The second kappa shape index (κ2) is 11.6. The van der Waals surface area contributed by atoms with Crippen LogP contribution in [0.5, 0.6) is 0 Å². The predicted molar refractivity (Wildman–Crippen MR) is 113 cm³/mol. The molecule has 1 aliphatic rings. The highest BCUT2D eigenvalue weighted by molar-refractivity contribution is 5.91. The fraction of sp³-hybridized carbons (Fsp3) is 0.545. The molecule has 1 saturated heterocycles. The van der Waals surface area contributed by atoms with E-state index in [0.29, 0.717) is 37.8 Å². The van der Waals surface area contributed by atoms with E-state index in [-0.39, 0.29) is 12.2 Å². The van der Waals surface area contributed by atoms with Crippen molar-refractivity contribution >= 4 is 5.91 Å². The highest BCUT2D eigenvalue weighted by Gasteiger charge is 2.30. The van der Waals surface area contributed by atoms with Crippen LogP contribution in [0.2, 0.25) is 0 Å². The van der Waals surface area contributed by atoms with Crippen LogP contribution in [-0.4, -0.2) is 77.8 Å². The lowest BCUT2D eigenvalue weighted by atomic mass is 10.1. The first-order valence-electron chi connectivity index (χ1n) is 10.8. The zero-order valence-electron chi connectivity index (χ0n) is 18.5. The number of rotatable bonds is 10. The molecule has 0 aliphatic carbocycles. The number of nitrogens with one attached hydrogen (secondary N) is 1. The van der Waals surface area contributed by atoms with E-state index in [1.54, 1.807) is 0 Å². The topological polar surface area (TPSA) is 91.1 Å². The Morgan fingerprint density at radius 1 is 1.27 bits per heavy atom. The summed E-state index contributed by atoms with van der Waals surface area (Å²) in [5.41, 5.74) is -0.345. The van der Waals surface area contributed by atoms with Gasteiger partial charge in [-0.05, 0) is 24.6 Å². The first-order valence-corrected chi connectivity index (χ1v) is 10.8. The summed E-state index contributed by atoms with van der Waals surface area (Å²) < 4.78 is 49.1. The van der Waals surface area contributed by atoms with Crippen LogP contribution in [0.15, 0.2) is 34.9 Å². The van der Waals surface area contributed by atoms with E-state index >= 15 is 0 Å². The minimum Gasteiger partial charge on any atom is -0.447 e. The molecule has 1 aliphatic heterocycles. The Labute approximate surface area is 190 Å². The van der Waals surface area contributed by atoms with Gasteiger partial charge in [-0.2, -0.15) is 13.2 Å². The van der Waals surface area contributed by atoms with E-state index in [4.69, 9.17) is 9.15 Å². The van der Waals surface area contributed by atoms with Crippen molar-refractivity contribution in [2.75, 3.05) is 45.9 Å². The maximum Gasteiger partial charge on any atom is 0.416 e. The molecule has 2 heterocycles. The van der Waals surface area contributed by atoms with Crippen LogP contribution < -0.4 is 5.32 Å². The minimum atomic E-state index is -4.43. The average molecular weight is 470 g/mol. The summed E-state index contributed by atoms with van der Waals surface area (Å²) in [6.07, 6.45) is -3.70. The zero-order chi connectivity index (χ0) is 23.8. The number of carbonyl (C=O) groups is 1. The summed E-state index contributed by atoms with van der Waals surface area (Å²) in [5, 5.41) is 12.5. The Hall–Kier alpha value is -2.47. The SMILES string of the molecule is CCOCC(O)CN1CCN(Cc2nc(C(=O)NCc3cccc(C(F)(F)F)c3)co2)CC1. The van der Waals surface area contributed by atoms with Crippen LogP contribution >= 0.6 is 0 Å². The molecule has 3 rings (SSSR count). The number of oxazole rings is 1. The lowest BCUT2D eigenvalue weighted by molar-refractivity contribution is -0.137. The van der Waals surface area contributed by atoms with Gasteiger partial charge < -0.3 is 19.6 Å². The summed E-state index contributed by atoms with van der Waals surface area (Å²) in [6.45, 7) is 6.84. The molecule has 1 fully saturated rings. The van der Waals surface area contributed by atoms with Gasteiger partial charge in [-0.25, -0.2) is 4.98 Å². The van der Waals surface area contributed by atoms with Crippen LogP contribution in [0.3, 0.4) is 0 Å². The largest absolute Gasteiger partial charge is 0.447 e. The van der Waals surface area contributed by atoms with Crippen molar-refractivity contribution in [1.29, 1.82) is 0 Å². The lowest BCUT2D eigenvalue weighted by Gasteiger charge is -2.34. The van der Waals surface area contributed by atoms with Gasteiger partial charge in [0.15, 0.2) is 5.69 Å². The molecule has 182 valence electrons. The van der Waals surface area contributed by atoms with Crippen LogP contribution in [-0.2, 0) is 24.0 Å². The summed E-state index contributed by atoms with van der Waals surface area (Å²) in [6, 6.07) is 4.80. The standard InChI is InChI=1S/C22H29F3N4O4/c1-2-32-14-18(30)12-28-6-8-29(9-7-28)13-20-27-19(15-33-20)21(31)26-11-16-4-3-5-17(10-16)22(23,24)25/h3-5,10,15,18,30H,2,6-9,11-14H2,1H3,(H,26,31). The Balaban J connectivity index is 1.43. The van der Waals surface area contributed by atoms with Crippen LogP contribution in [0, 0.1) is 0 Å². The first-order chi connectivity index (χ1) is 15.7. The van der Waals surface area contributed by atoms with E-state index in [2.05, 4.69) is 20.1 Å². The van der Waals surface area contributed by atoms with Gasteiger partial charge in [0.1, 0.15) is 6.26 Å². The highest BCUT2D eigenvalue weighted by Crippen LogP contribution is 2.29. The number of aliphatic hydroxyl groups is 1. The molecule has 2 aromatic rings. The molecule has 2 N–H and O–H groups in total. The maximum absolute atomic E-state index is 12.8. The molecule has 1 aromatic heterocycles. The fourth-order valence-electron chi connectivity index (χ4n) is 3.54. The fourth-order valence-corrected chi connectivity index (χ4v) is 3.54. The first kappa shape index (κ1) is 25.2. The Morgan fingerprint density at radius 2 is 2.00 bits per heavy atom. The van der Waals surface area contributed by atoms with Crippen LogP contribution in [0.4, 0.5) is 13.2 Å². The summed E-state index contributed by atoms with van der Waals surface area (Å²) in [5.74, 6) is -0.125. The Morgan fingerprint density at radius 3 is 2.70 bits per heavy atom. The summed E-state index contributed by atoms with van der Waals surface area (Å²) in [4.78, 5) is 20.8. The van der Waals surface area contributed by atoms with E-state index in [0.717, 1.165) is 38.3 Å². The van der Waals surface area contributed by atoms with Gasteiger partial charge in [0.25, 0.3) is 5.91 Å². The molecule has 11 heteroatoms. The van der Waals surface area contributed by atoms with Gasteiger partial charge in [-0.3, -0.25) is 14.6 Å². The van der Waals surface area contributed by atoms with E-state index in [1.165, 1.54) is 18.4 Å². The third kappa shape index (κ3) is 7.81. The molecule has 1 amide bonds. The van der Waals surface area contributed by atoms with Gasteiger partial charge in [-0.1, -0.05) is 12.1 Å². The molecular formula is C22H29F3N4O4. The van der Waals surface area contributed by atoms with Gasteiger partial charge in [0.05, 0.1) is 24.8 Å². The molecule has 1 aromatic carbocycles. The van der Waals surface area contributed by atoms with Gasteiger partial charge in [0, 0.05) is 45.9 Å². The number of nitrogens with zero attached hydrogens (tertiary/aromatic N) is 3. The number of hydrogen-bond acceptors (Lipinski definition) is 7. The molecule has 33 heavy (non-hydrogen) atoms. The Kier molecular flexibility index (Phi) is 8.84. The van der Waals surface area contributed by atoms with E-state index < -0.39 is 23.8 Å². The molecular weight excluding hydrogens is 441 g/mol. The molecule has 0 saturated carbocycles. The van der Waals surface area contributed by atoms with Gasteiger partial charge in [-0.15, -0.1) is 0 Å². The van der Waals surface area contributed by atoms with Gasteiger partial charge in [0.2, 0.25) is 5.89 Å². The number of alkyl halides is 3. The quantitative estimate of drug-likeness (QED) is 0.550. The number of ether oxygens (including phenoxy) is 1. The predicted octanol–water partition coefficient (Wildman–Crippen LogP) is 2.14. The van der Waals surface area contributed by atoms with Crippen LogP contribution in [0.1, 0.15) is 34.4 Å². The second-order valence-electron chi connectivity index (χ2n) is 7.90. The third-order valence-electron chi connectivity index (χ3n) is 5.30. The summed E-state index contributed by atoms with van der Waals surface area (Å²) >= 11 is 0. The zero-order valence-corrected chi connectivity index (χ0v) is 18.5. The van der Waals surface area contributed by atoms with Crippen molar-refractivity contribution in [3.05, 3.63) is 53.2 Å². The average Bonchev–Trinajstić information content (AvgIpc) is 3.25. The minimum absolute atomic E-state index is 0.0535. The molecule has 0 bridgehead atoms. The molecule has 1 unspecified atom stereocenters. The number of aliphatic hydroxyl groups excluding tert-OH is 1. The van der Waals surface area contributed by atoms with Crippen molar-refractivity contribution in [3.63, 3.8) is 0 Å². The summed E-state index contributed by atoms with van der Waals surface area (Å²) in [7, 11) is 0. The Bertz CT molecular complexity index is 898. The van der Waals surface area contributed by atoms with E-state index in [9.17, 15) is 23.1 Å². The third-order valence-corrected chi connectivity index (χ3v) is 5.30. The normalized spacial score (nSPS) is 16.6. The molecule has 8 nitrogen and oxygen atoms in total. The van der Waals surface area contributed by atoms with Crippen molar-refractivity contribution in [2.24, 2.45) is 0 Å². The number of aromatic nitrogens is 1. The van der Waals surface area contributed by atoms with Crippen molar-refractivity contribution in [3.8, 4) is 0 Å². The number of β-amino-alcohol motifs (C(OH)–C–C–N with tert-alkyl or cyclic N) is 1. The smallest absolute Gasteiger partial charge is 0.416 e. The second-order valence-corrected chi connectivity index (χ2v) is 7.90. The number of hydrogen-bond donors (Lipinski definition) is 2. The van der Waals surface area contributed by atoms with Gasteiger partial charge >= 0.3 is 6.18 Å². The number of amides is 1. The van der Waals surface area contributed by atoms with E-state index in [1.807, 2.05) is 6.92 Å². The lowest BCUT2D eigenvalue weighted by Crippen LogP contribution is -2.48. The van der Waals surface area contributed by atoms with Crippen molar-refractivity contribution in [2.45, 2.75) is 32.3 Å².